The number of hydrogen-bond acceptors (Lipinski definition) is 3. The maximum absolute atomic E-state index is 12.7. The molecule has 1 amide bonds. The Balaban J connectivity index is 1.26. The Labute approximate surface area is 211 Å². The molecule has 0 saturated carbocycles. The fourth-order valence-electron chi connectivity index (χ4n) is 4.36. The lowest BCUT2D eigenvalue weighted by atomic mass is 10.1. The number of nitrogens with one attached hydrogen (secondary N) is 1. The second kappa shape index (κ2) is 15.7. The predicted molar refractivity (Wildman–Crippen MR) is 147 cm³/mol. The zero-order chi connectivity index (χ0) is 23.8. The van der Waals surface area contributed by atoms with Gasteiger partial charge >= 0.3 is 0 Å². The normalized spacial score (nSPS) is 12.6. The highest BCUT2D eigenvalue weighted by atomic mass is 32.2. The number of carbonyl (C=O) groups excluding carboxylic acids is 1. The van der Waals surface area contributed by atoms with E-state index in [1.165, 1.54) is 80.4 Å². The number of anilines is 2. The quantitative estimate of drug-likeness (QED) is 0.193. The molecule has 0 atom stereocenters. The summed E-state index contributed by atoms with van der Waals surface area (Å²) >= 11 is 1.76. The fraction of sp³-hybridized carbons (Fsp3) is 0.500. The Bertz CT molecular complexity index is 849. The number of rotatable bonds is 16. The van der Waals surface area contributed by atoms with Crippen LogP contribution in [-0.4, -0.2) is 5.91 Å². The van der Waals surface area contributed by atoms with Crippen LogP contribution in [0.3, 0.4) is 0 Å². The van der Waals surface area contributed by atoms with Gasteiger partial charge in [0.05, 0.1) is 11.4 Å². The second-order valence-electron chi connectivity index (χ2n) is 9.24. The molecule has 34 heavy (non-hydrogen) atoms. The summed E-state index contributed by atoms with van der Waals surface area (Å²) in [5.41, 5.74) is 5.24. The van der Waals surface area contributed by atoms with Gasteiger partial charge < -0.3 is 0 Å². The van der Waals surface area contributed by atoms with E-state index >= 15 is 0 Å². The number of para-hydroxylation sites is 2. The molecule has 0 spiro atoms. The lowest BCUT2D eigenvalue weighted by molar-refractivity contribution is -0.121. The summed E-state index contributed by atoms with van der Waals surface area (Å²) in [6, 6.07) is 16.5. The summed E-state index contributed by atoms with van der Waals surface area (Å²) in [7, 11) is 0. The number of nitrogens with zero attached hydrogens (tertiary/aromatic N) is 1. The third-order valence-electron chi connectivity index (χ3n) is 6.33. The molecule has 2 aromatic carbocycles. The lowest BCUT2D eigenvalue weighted by Gasteiger charge is -2.32. The van der Waals surface area contributed by atoms with Gasteiger partial charge in [-0.1, -0.05) is 106 Å². The Hall–Kier alpha value is -2.20. The van der Waals surface area contributed by atoms with Gasteiger partial charge in [0.15, 0.2) is 0 Å². The number of amides is 1. The third kappa shape index (κ3) is 8.87. The lowest BCUT2D eigenvalue weighted by Crippen LogP contribution is -2.40. The molecule has 2 aromatic rings. The van der Waals surface area contributed by atoms with Gasteiger partial charge in [0.25, 0.3) is 0 Å². The van der Waals surface area contributed by atoms with Gasteiger partial charge in [0.2, 0.25) is 5.91 Å². The number of allylic oxidation sites excluding steroid dienone is 2. The number of unbranched alkanes of at least 4 members (excludes halogenated alkanes) is 11. The van der Waals surface area contributed by atoms with Crippen LogP contribution in [0.4, 0.5) is 11.4 Å². The van der Waals surface area contributed by atoms with Crippen molar-refractivity contribution in [3.05, 3.63) is 60.7 Å². The second-order valence-corrected chi connectivity index (χ2v) is 10.3. The van der Waals surface area contributed by atoms with E-state index < -0.39 is 0 Å². The fourth-order valence-corrected chi connectivity index (χ4v) is 5.42. The number of benzene rings is 2. The van der Waals surface area contributed by atoms with Crippen LogP contribution in [0.2, 0.25) is 0 Å². The molecule has 0 bridgehead atoms. The van der Waals surface area contributed by atoms with Crippen molar-refractivity contribution in [3.8, 4) is 0 Å². The molecule has 1 N–H and O–H groups in total. The molecule has 0 fully saturated rings. The molecule has 0 unspecified atom stereocenters. The van der Waals surface area contributed by atoms with Gasteiger partial charge in [-0.2, -0.15) is 0 Å². The van der Waals surface area contributed by atoms with E-state index in [0.29, 0.717) is 6.42 Å². The highest BCUT2D eigenvalue weighted by molar-refractivity contribution is 7.99. The molecule has 4 heteroatoms. The van der Waals surface area contributed by atoms with Crippen LogP contribution in [0.25, 0.3) is 0 Å². The molecule has 0 saturated heterocycles. The molecule has 0 radical (unpaired) electrons. The molecule has 184 valence electrons. The van der Waals surface area contributed by atoms with E-state index in [4.69, 9.17) is 0 Å². The predicted octanol–water partition coefficient (Wildman–Crippen LogP) is 9.36. The summed E-state index contributed by atoms with van der Waals surface area (Å²) in [5, 5.41) is 1.96. The van der Waals surface area contributed by atoms with Crippen LogP contribution in [-0.2, 0) is 4.79 Å². The first-order valence-corrected chi connectivity index (χ1v) is 14.2. The third-order valence-corrected chi connectivity index (χ3v) is 7.46. The van der Waals surface area contributed by atoms with Crippen molar-refractivity contribution in [2.45, 2.75) is 107 Å². The van der Waals surface area contributed by atoms with E-state index in [0.717, 1.165) is 24.2 Å². The minimum absolute atomic E-state index is 0.0918. The summed E-state index contributed by atoms with van der Waals surface area (Å²) < 4.78 is 0. The van der Waals surface area contributed by atoms with Gasteiger partial charge in [-0.3, -0.25) is 15.2 Å². The van der Waals surface area contributed by atoms with Crippen molar-refractivity contribution in [1.29, 1.82) is 0 Å². The first-order chi connectivity index (χ1) is 16.8. The number of fused-ring (bicyclic) bond motifs is 2. The Morgan fingerprint density at radius 1 is 0.735 bits per heavy atom. The maximum Gasteiger partial charge on any atom is 0.238 e. The minimum atomic E-state index is 0.0918. The molecule has 0 aliphatic carbocycles. The molecular formula is C30H42N2OS. The van der Waals surface area contributed by atoms with Crippen LogP contribution >= 0.6 is 11.8 Å². The first-order valence-electron chi connectivity index (χ1n) is 13.4. The average molecular weight is 479 g/mol. The maximum atomic E-state index is 12.7. The summed E-state index contributed by atoms with van der Waals surface area (Å²) in [4.78, 5) is 15.0. The minimum Gasteiger partial charge on any atom is -0.273 e. The smallest absolute Gasteiger partial charge is 0.238 e. The molecular weight excluding hydrogens is 436 g/mol. The Morgan fingerprint density at radius 2 is 1.24 bits per heavy atom. The number of carbonyl (C=O) groups is 1. The van der Waals surface area contributed by atoms with Crippen molar-refractivity contribution >= 4 is 29.0 Å². The van der Waals surface area contributed by atoms with Crippen LogP contribution in [0.15, 0.2) is 70.5 Å². The van der Waals surface area contributed by atoms with Gasteiger partial charge in [0.1, 0.15) is 0 Å². The highest BCUT2D eigenvalue weighted by Gasteiger charge is 2.24. The van der Waals surface area contributed by atoms with Crippen LogP contribution in [0.1, 0.15) is 96.8 Å². The summed E-state index contributed by atoms with van der Waals surface area (Å²) in [6.07, 6.45) is 21.8. The monoisotopic (exact) mass is 478 g/mol. The Kier molecular flexibility index (Phi) is 12.2. The van der Waals surface area contributed by atoms with Crippen LogP contribution in [0.5, 0.6) is 0 Å². The van der Waals surface area contributed by atoms with Gasteiger partial charge in [-0.25, -0.2) is 0 Å². The topological polar surface area (TPSA) is 32.3 Å². The average Bonchev–Trinajstić information content (AvgIpc) is 2.86. The molecule has 1 aliphatic rings. The van der Waals surface area contributed by atoms with Crippen molar-refractivity contribution in [3.63, 3.8) is 0 Å². The van der Waals surface area contributed by atoms with Crippen molar-refractivity contribution in [2.75, 3.05) is 5.01 Å². The van der Waals surface area contributed by atoms with Crippen molar-refractivity contribution < 1.29 is 4.79 Å². The van der Waals surface area contributed by atoms with Crippen LogP contribution in [0, 0.1) is 0 Å². The standard InChI is InChI=1S/C30H42N2OS/c1-2-3-4-5-6-7-8-9-10-11-12-13-14-15-16-25-30(33)31-32-26-21-17-19-23-28(26)34-29-24-20-18-22-27(29)32/h9-10,17-24H,2-8,11-16,25H2,1H3,(H,31,33)/b10-9-. The molecule has 3 rings (SSSR count). The summed E-state index contributed by atoms with van der Waals surface area (Å²) in [5.74, 6) is 0.0918. The highest BCUT2D eigenvalue weighted by Crippen LogP contribution is 2.46. The van der Waals surface area contributed by atoms with Crippen molar-refractivity contribution in [2.24, 2.45) is 0 Å². The van der Waals surface area contributed by atoms with E-state index in [2.05, 4.69) is 48.8 Å². The zero-order valence-corrected chi connectivity index (χ0v) is 21.8. The molecule has 1 aliphatic heterocycles. The van der Waals surface area contributed by atoms with Crippen molar-refractivity contribution in [1.82, 2.24) is 5.43 Å². The van der Waals surface area contributed by atoms with Gasteiger partial charge in [-0.15, -0.1) is 0 Å². The largest absolute Gasteiger partial charge is 0.273 e. The van der Waals surface area contributed by atoms with E-state index in [1.54, 1.807) is 11.8 Å². The first kappa shape index (κ1) is 26.4. The molecule has 3 nitrogen and oxygen atoms in total. The SMILES string of the molecule is CCCCCCCC/C=C\CCCCCCCC(=O)NN1c2ccccc2Sc2ccccc21. The summed E-state index contributed by atoms with van der Waals surface area (Å²) in [6.45, 7) is 2.27. The van der Waals surface area contributed by atoms with Crippen LogP contribution < -0.4 is 10.4 Å². The molecule has 1 heterocycles. The van der Waals surface area contributed by atoms with E-state index in [1.807, 2.05) is 29.3 Å². The van der Waals surface area contributed by atoms with Gasteiger partial charge in [-0.05, 0) is 56.4 Å². The van der Waals surface area contributed by atoms with Gasteiger partial charge in [0, 0.05) is 16.2 Å². The molecule has 0 aromatic heterocycles. The Morgan fingerprint density at radius 3 is 1.82 bits per heavy atom. The van der Waals surface area contributed by atoms with E-state index in [9.17, 15) is 4.79 Å². The van der Waals surface area contributed by atoms with E-state index in [-0.39, 0.29) is 5.91 Å². The number of hydrogen-bond donors (Lipinski definition) is 1. The zero-order valence-electron chi connectivity index (χ0n) is 20.9. The number of hydrazine groups is 1.